The number of aliphatic hydroxyl groups excluding tert-OH is 1. The van der Waals surface area contributed by atoms with Gasteiger partial charge in [-0.15, -0.1) is 0 Å². The van der Waals surface area contributed by atoms with Crippen molar-refractivity contribution in [1.82, 2.24) is 0 Å². The average Bonchev–Trinajstić information content (AvgIpc) is 3.38. The fourth-order valence-corrected chi connectivity index (χ4v) is 10.7. The second kappa shape index (κ2) is 13.8. The molecule has 5 rings (SSSR count). The Morgan fingerprint density at radius 1 is 1.00 bits per heavy atom. The first-order chi connectivity index (χ1) is 23.3. The van der Waals surface area contributed by atoms with Crippen molar-refractivity contribution in [3.8, 4) is 0 Å². The summed E-state index contributed by atoms with van der Waals surface area (Å²) in [5.74, 6) is -1.25. The molecule has 7 nitrogen and oxygen atoms in total. The zero-order chi connectivity index (χ0) is 37.0. The molecule has 0 heterocycles. The molecule has 50 heavy (non-hydrogen) atoms. The van der Waals surface area contributed by atoms with Gasteiger partial charge in [0.25, 0.3) is 5.60 Å². The predicted octanol–water partition coefficient (Wildman–Crippen LogP) is 7.92. The number of methoxy groups -OCH3 is 1. The third-order valence-corrected chi connectivity index (χ3v) is 13.9. The highest BCUT2D eigenvalue weighted by molar-refractivity contribution is 5.83. The minimum Gasteiger partial charge on any atom is -0.463 e. The van der Waals surface area contributed by atoms with Crippen LogP contribution in [0.3, 0.4) is 0 Å². The van der Waals surface area contributed by atoms with Gasteiger partial charge >= 0.3 is 18.1 Å². The van der Waals surface area contributed by atoms with Gasteiger partial charge in [0.2, 0.25) is 0 Å². The molecule has 0 aromatic heterocycles. The van der Waals surface area contributed by atoms with Crippen LogP contribution in [-0.4, -0.2) is 59.4 Å². The van der Waals surface area contributed by atoms with E-state index < -0.39 is 64.5 Å². The molecule has 280 valence electrons. The zero-order valence-corrected chi connectivity index (χ0v) is 30.9. The lowest BCUT2D eigenvalue weighted by Gasteiger charge is -2.64. The molecule has 4 aliphatic carbocycles. The summed E-state index contributed by atoms with van der Waals surface area (Å²) in [5.41, 5.74) is -6.45. The van der Waals surface area contributed by atoms with E-state index in [2.05, 4.69) is 34.6 Å². The molecule has 0 bridgehead atoms. The molecule has 3 saturated carbocycles. The van der Waals surface area contributed by atoms with Crippen molar-refractivity contribution in [3.63, 3.8) is 0 Å². The van der Waals surface area contributed by atoms with E-state index in [1.54, 1.807) is 12.1 Å². The monoisotopic (exact) mass is 706 g/mol. The van der Waals surface area contributed by atoms with Gasteiger partial charge in [0.05, 0.1) is 6.10 Å². The van der Waals surface area contributed by atoms with Gasteiger partial charge in [-0.25, -0.2) is 4.79 Å². The van der Waals surface area contributed by atoms with Crippen LogP contribution in [0.25, 0.3) is 0 Å². The molecule has 0 aliphatic heterocycles. The first-order valence-electron chi connectivity index (χ1n) is 18.5. The van der Waals surface area contributed by atoms with E-state index in [9.17, 15) is 33.0 Å². The lowest BCUT2D eigenvalue weighted by Crippen LogP contribution is -2.70. The highest BCUT2D eigenvalue weighted by Crippen LogP contribution is 2.69. The molecular weight excluding hydrogens is 649 g/mol. The van der Waals surface area contributed by atoms with Crippen molar-refractivity contribution in [2.75, 3.05) is 7.11 Å². The molecule has 1 aromatic rings. The summed E-state index contributed by atoms with van der Waals surface area (Å²) in [6.07, 6.45) is -1.48. The van der Waals surface area contributed by atoms with Crippen molar-refractivity contribution in [2.45, 2.75) is 136 Å². The van der Waals surface area contributed by atoms with Gasteiger partial charge in [0.15, 0.2) is 0 Å². The number of aliphatic hydroxyl groups is 2. The molecule has 3 fully saturated rings. The van der Waals surface area contributed by atoms with Gasteiger partial charge in [-0.05, 0) is 85.2 Å². The molecule has 0 radical (unpaired) electrons. The van der Waals surface area contributed by atoms with Gasteiger partial charge in [0.1, 0.15) is 17.8 Å². The van der Waals surface area contributed by atoms with Crippen LogP contribution >= 0.6 is 0 Å². The molecule has 0 amide bonds. The number of carbonyl (C=O) groups excluding carboxylic acids is 2. The largest absolute Gasteiger partial charge is 0.463 e. The van der Waals surface area contributed by atoms with Crippen molar-refractivity contribution in [3.05, 3.63) is 47.5 Å². The lowest BCUT2D eigenvalue weighted by molar-refractivity contribution is -0.281. The molecule has 4 aliphatic rings. The number of benzene rings is 1. The predicted molar refractivity (Wildman–Crippen MR) is 182 cm³/mol. The number of esters is 2. The topological polar surface area (TPSA) is 102 Å². The molecule has 0 saturated heterocycles. The highest BCUT2D eigenvalue weighted by Gasteiger charge is 2.71. The first-order valence-corrected chi connectivity index (χ1v) is 18.5. The van der Waals surface area contributed by atoms with Crippen LogP contribution in [0, 0.1) is 46.3 Å². The van der Waals surface area contributed by atoms with Crippen LogP contribution in [0.2, 0.25) is 0 Å². The number of fused-ring (bicyclic) bond motifs is 5. The third kappa shape index (κ3) is 6.13. The zero-order valence-electron chi connectivity index (χ0n) is 30.9. The molecule has 0 unspecified atom stereocenters. The number of ether oxygens (including phenoxy) is 3. The fraction of sp³-hybridized carbons (Fsp3) is 0.750. The molecular formula is C40H57F3O7. The quantitative estimate of drug-likeness (QED) is 0.188. The number of hydrogen-bond donors (Lipinski definition) is 2. The Kier molecular flexibility index (Phi) is 10.7. The SMILES string of the molecule is CO[C@@](C(=O)O[C@H]1C=C2[C@@H]3CC[C@H]([C@H](C)CC[C@H](C)C(C)C)[C@@]3(C)C[C@@H](O)[C@]2(O)[C@@]2(C)CC[C@H](OC(C)=O)C[C@H]12)(c1ccccc1)C(F)(F)F. The summed E-state index contributed by atoms with van der Waals surface area (Å²) in [6.45, 7) is 14.3. The number of carbonyl (C=O) groups is 2. The Morgan fingerprint density at radius 2 is 1.66 bits per heavy atom. The number of halogens is 3. The second-order valence-electron chi connectivity index (χ2n) is 16.8. The summed E-state index contributed by atoms with van der Waals surface area (Å²) in [4.78, 5) is 26.1. The molecule has 2 N–H and O–H groups in total. The first kappa shape index (κ1) is 38.8. The van der Waals surface area contributed by atoms with Crippen LogP contribution in [0.5, 0.6) is 0 Å². The van der Waals surface area contributed by atoms with E-state index in [-0.39, 0.29) is 23.7 Å². The Balaban J connectivity index is 1.59. The maximum Gasteiger partial charge on any atom is 0.432 e. The van der Waals surface area contributed by atoms with E-state index >= 15 is 0 Å². The number of alkyl halides is 3. The summed E-state index contributed by atoms with van der Waals surface area (Å²) in [7, 11) is 0.839. The maximum atomic E-state index is 15.0. The van der Waals surface area contributed by atoms with Gasteiger partial charge in [-0.1, -0.05) is 84.7 Å². The van der Waals surface area contributed by atoms with Gasteiger partial charge < -0.3 is 24.4 Å². The fourth-order valence-electron chi connectivity index (χ4n) is 10.7. The van der Waals surface area contributed by atoms with Crippen LogP contribution < -0.4 is 0 Å². The van der Waals surface area contributed by atoms with Crippen molar-refractivity contribution >= 4 is 11.9 Å². The van der Waals surface area contributed by atoms with Crippen LogP contribution in [0.4, 0.5) is 13.2 Å². The van der Waals surface area contributed by atoms with Crippen LogP contribution in [0.1, 0.15) is 105 Å². The Labute approximate surface area is 295 Å². The van der Waals surface area contributed by atoms with Crippen LogP contribution in [0.15, 0.2) is 42.0 Å². The molecule has 12 atom stereocenters. The Morgan fingerprint density at radius 3 is 2.24 bits per heavy atom. The minimum absolute atomic E-state index is 0.139. The molecule has 10 heteroatoms. The average molecular weight is 707 g/mol. The van der Waals surface area contributed by atoms with Crippen molar-refractivity contribution in [1.29, 1.82) is 0 Å². The molecule has 1 aromatic carbocycles. The maximum absolute atomic E-state index is 15.0. The smallest absolute Gasteiger partial charge is 0.432 e. The summed E-state index contributed by atoms with van der Waals surface area (Å²) >= 11 is 0. The highest BCUT2D eigenvalue weighted by atomic mass is 19.4. The van der Waals surface area contributed by atoms with Crippen LogP contribution in [-0.2, 0) is 29.4 Å². The number of hydrogen-bond acceptors (Lipinski definition) is 7. The normalized spacial score (nSPS) is 37.8. The summed E-state index contributed by atoms with van der Waals surface area (Å²) in [5, 5.41) is 25.0. The number of rotatable bonds is 10. The van der Waals surface area contributed by atoms with Gasteiger partial charge in [0, 0.05) is 30.9 Å². The van der Waals surface area contributed by atoms with E-state index in [4.69, 9.17) is 14.2 Å². The van der Waals surface area contributed by atoms with E-state index in [0.29, 0.717) is 42.6 Å². The molecule has 0 spiro atoms. The van der Waals surface area contributed by atoms with Crippen molar-refractivity contribution in [2.24, 2.45) is 46.3 Å². The third-order valence-electron chi connectivity index (χ3n) is 13.9. The Hall–Kier alpha value is -2.43. The summed E-state index contributed by atoms with van der Waals surface area (Å²) in [6, 6.07) is 6.72. The lowest BCUT2D eigenvalue weighted by atomic mass is 9.44. The second-order valence-corrected chi connectivity index (χ2v) is 16.8. The standard InChI is InChI=1S/C40H57F3O7/c1-23(2)24(3)14-15-25(4)29-16-17-30-31-21-33(50-35(46)39(48-8,40(41,42)43)27-12-10-9-11-13-27)32-20-28(49-26(5)44)18-19-37(32,7)38(31,47)34(45)22-36(29,30)6/h9-13,21,23-25,28-30,32-34,45,47H,14-20,22H2,1-8H3/t24-,25+,28-,29+,30-,32+,33-,34+,36+,37-,38-,39+/m0/s1. The minimum atomic E-state index is -5.17. The van der Waals surface area contributed by atoms with E-state index in [1.807, 2.05) is 6.92 Å². The van der Waals surface area contributed by atoms with E-state index in [0.717, 1.165) is 32.8 Å². The van der Waals surface area contributed by atoms with Gasteiger partial charge in [-0.3, -0.25) is 4.79 Å². The van der Waals surface area contributed by atoms with E-state index in [1.165, 1.54) is 31.2 Å². The summed E-state index contributed by atoms with van der Waals surface area (Å²) < 4.78 is 61.6. The van der Waals surface area contributed by atoms with Crippen molar-refractivity contribution < 1.29 is 47.2 Å². The Bertz CT molecular complexity index is 1430. The van der Waals surface area contributed by atoms with Gasteiger partial charge in [-0.2, -0.15) is 13.2 Å².